The monoisotopic (exact) mass is 576 g/mol. The van der Waals surface area contributed by atoms with Crippen LogP contribution in [0.1, 0.15) is 51.5 Å². The normalized spacial score (nSPS) is 19.1. The second kappa shape index (κ2) is 10.6. The van der Waals surface area contributed by atoms with Gasteiger partial charge in [-0.2, -0.15) is 0 Å². The fraction of sp³-hybridized carbons (Fsp3) is 0.267. The van der Waals surface area contributed by atoms with E-state index in [4.69, 9.17) is 23.2 Å². The van der Waals surface area contributed by atoms with Crippen molar-refractivity contribution in [1.82, 2.24) is 20.0 Å². The average Bonchev–Trinajstić information content (AvgIpc) is 3.45. The SMILES string of the molecule is O=C1CCC(N2Cc3cc(CN4CCN(C(c5ccc(Cl)cc5)c5ccc(Cl)cc5)C4=O)ccc3C2=O)C(=O)N1. The minimum atomic E-state index is -0.660. The zero-order valence-corrected chi connectivity index (χ0v) is 23.0. The predicted molar refractivity (Wildman–Crippen MR) is 150 cm³/mol. The van der Waals surface area contributed by atoms with Crippen molar-refractivity contribution in [3.05, 3.63) is 105 Å². The third-order valence-corrected chi connectivity index (χ3v) is 8.28. The molecule has 0 spiro atoms. The number of carbonyl (C=O) groups is 4. The van der Waals surface area contributed by atoms with Crippen molar-refractivity contribution in [2.24, 2.45) is 0 Å². The van der Waals surface area contributed by atoms with Gasteiger partial charge in [-0.25, -0.2) is 4.79 Å². The lowest BCUT2D eigenvalue weighted by Crippen LogP contribution is -2.52. The number of hydrogen-bond donors (Lipinski definition) is 1. The molecular weight excluding hydrogens is 551 g/mol. The van der Waals surface area contributed by atoms with E-state index in [1.54, 1.807) is 11.0 Å². The summed E-state index contributed by atoms with van der Waals surface area (Å²) >= 11 is 12.3. The third kappa shape index (κ3) is 4.93. The van der Waals surface area contributed by atoms with E-state index < -0.39 is 11.9 Å². The molecule has 0 aliphatic carbocycles. The maximum atomic E-state index is 13.7. The van der Waals surface area contributed by atoms with Gasteiger partial charge in [-0.05, 0) is 59.0 Å². The largest absolute Gasteiger partial charge is 0.322 e. The molecule has 3 aromatic rings. The second-order valence-electron chi connectivity index (χ2n) is 10.3. The van der Waals surface area contributed by atoms with Crippen LogP contribution in [0.3, 0.4) is 0 Å². The molecule has 8 nitrogen and oxygen atoms in total. The molecule has 2 saturated heterocycles. The first-order valence-electron chi connectivity index (χ1n) is 13.1. The molecular formula is C30H26Cl2N4O4. The maximum Gasteiger partial charge on any atom is 0.321 e. The van der Waals surface area contributed by atoms with Gasteiger partial charge in [-0.1, -0.05) is 59.6 Å². The molecule has 0 saturated carbocycles. The van der Waals surface area contributed by atoms with Crippen LogP contribution in [0.4, 0.5) is 4.79 Å². The zero-order valence-electron chi connectivity index (χ0n) is 21.5. The highest BCUT2D eigenvalue weighted by Gasteiger charge is 2.40. The standard InChI is InChI=1S/C30H26Cl2N4O4/c31-22-6-2-19(3-7-22)27(20-4-8-23(32)9-5-20)35-14-13-34(30(35)40)16-18-1-10-24-21(15-18)17-36(29(24)39)25-11-12-26(37)33-28(25)38/h1-10,15,25,27H,11-14,16-17H2,(H,33,37,38). The summed E-state index contributed by atoms with van der Waals surface area (Å²) in [4.78, 5) is 55.8. The van der Waals surface area contributed by atoms with Crippen LogP contribution in [0.25, 0.3) is 0 Å². The summed E-state index contributed by atoms with van der Waals surface area (Å²) in [7, 11) is 0. The van der Waals surface area contributed by atoms with E-state index in [1.807, 2.05) is 65.6 Å². The van der Waals surface area contributed by atoms with Crippen LogP contribution in [-0.4, -0.2) is 57.6 Å². The van der Waals surface area contributed by atoms with Crippen LogP contribution >= 0.6 is 23.2 Å². The number of hydrogen-bond acceptors (Lipinski definition) is 4. The summed E-state index contributed by atoms with van der Waals surface area (Å²) in [6.07, 6.45) is 0.528. The quantitative estimate of drug-likeness (QED) is 0.427. The maximum absolute atomic E-state index is 13.7. The van der Waals surface area contributed by atoms with Crippen molar-refractivity contribution in [3.63, 3.8) is 0 Å². The van der Waals surface area contributed by atoms with Crippen molar-refractivity contribution in [2.45, 2.75) is 38.0 Å². The van der Waals surface area contributed by atoms with Gasteiger partial charge in [0.1, 0.15) is 6.04 Å². The lowest BCUT2D eigenvalue weighted by Gasteiger charge is -2.29. The number of urea groups is 1. The number of rotatable bonds is 6. The van der Waals surface area contributed by atoms with Gasteiger partial charge < -0.3 is 14.7 Å². The molecule has 3 aliphatic heterocycles. The van der Waals surface area contributed by atoms with Crippen molar-refractivity contribution in [3.8, 4) is 0 Å². The molecule has 0 radical (unpaired) electrons. The first-order valence-corrected chi connectivity index (χ1v) is 13.9. The summed E-state index contributed by atoms with van der Waals surface area (Å²) in [6.45, 7) is 1.78. The van der Waals surface area contributed by atoms with Crippen LogP contribution in [0.2, 0.25) is 10.0 Å². The van der Waals surface area contributed by atoms with Gasteiger partial charge in [0, 0.05) is 48.2 Å². The molecule has 1 N–H and O–H groups in total. The number of amides is 5. The molecule has 1 unspecified atom stereocenters. The number of nitrogens with zero attached hydrogens (tertiary/aromatic N) is 3. The first kappa shape index (κ1) is 26.3. The van der Waals surface area contributed by atoms with Gasteiger partial charge in [0.2, 0.25) is 11.8 Å². The van der Waals surface area contributed by atoms with Crippen LogP contribution in [-0.2, 0) is 22.7 Å². The van der Waals surface area contributed by atoms with Gasteiger partial charge in [0.05, 0.1) is 6.04 Å². The number of carbonyl (C=O) groups excluding carboxylic acids is 4. The molecule has 2 fully saturated rings. The highest BCUT2D eigenvalue weighted by Crippen LogP contribution is 2.34. The number of nitrogens with one attached hydrogen (secondary N) is 1. The molecule has 1 atom stereocenters. The Labute approximate surface area is 241 Å². The molecule has 10 heteroatoms. The Kier molecular flexibility index (Phi) is 6.98. The molecule has 0 bridgehead atoms. The Bertz CT molecular complexity index is 1460. The Morgan fingerprint density at radius 2 is 1.50 bits per heavy atom. The van der Waals surface area contributed by atoms with E-state index >= 15 is 0 Å². The Morgan fingerprint density at radius 3 is 2.12 bits per heavy atom. The van der Waals surface area contributed by atoms with E-state index in [2.05, 4.69) is 5.32 Å². The van der Waals surface area contributed by atoms with Crippen LogP contribution in [0.15, 0.2) is 66.7 Å². The molecule has 3 heterocycles. The van der Waals surface area contributed by atoms with Crippen LogP contribution in [0, 0.1) is 0 Å². The van der Waals surface area contributed by atoms with Gasteiger partial charge in [0.15, 0.2) is 0 Å². The molecule has 204 valence electrons. The third-order valence-electron chi connectivity index (χ3n) is 7.77. The summed E-state index contributed by atoms with van der Waals surface area (Å²) < 4.78 is 0. The fourth-order valence-electron chi connectivity index (χ4n) is 5.78. The minimum Gasteiger partial charge on any atom is -0.322 e. The number of fused-ring (bicyclic) bond motifs is 1. The van der Waals surface area contributed by atoms with E-state index in [1.165, 1.54) is 4.90 Å². The average molecular weight is 577 g/mol. The van der Waals surface area contributed by atoms with Gasteiger partial charge in [0.25, 0.3) is 5.91 Å². The van der Waals surface area contributed by atoms with Crippen molar-refractivity contribution >= 4 is 47.0 Å². The summed E-state index contributed by atoms with van der Waals surface area (Å²) in [5, 5.41) is 3.58. The Balaban J connectivity index is 1.20. The van der Waals surface area contributed by atoms with Gasteiger partial charge in [-0.3, -0.25) is 19.7 Å². The summed E-state index contributed by atoms with van der Waals surface area (Å²) in [5.41, 5.74) is 4.17. The topological polar surface area (TPSA) is 90.0 Å². The molecule has 3 aromatic carbocycles. The van der Waals surface area contributed by atoms with Crippen molar-refractivity contribution in [2.75, 3.05) is 13.1 Å². The van der Waals surface area contributed by atoms with Gasteiger partial charge in [-0.15, -0.1) is 0 Å². The molecule has 5 amide bonds. The fourth-order valence-corrected chi connectivity index (χ4v) is 6.03. The van der Waals surface area contributed by atoms with E-state index in [9.17, 15) is 19.2 Å². The number of halogens is 2. The van der Waals surface area contributed by atoms with E-state index in [-0.39, 0.29) is 30.3 Å². The number of piperidine rings is 1. The lowest BCUT2D eigenvalue weighted by atomic mass is 9.97. The van der Waals surface area contributed by atoms with Crippen LogP contribution in [0.5, 0.6) is 0 Å². The van der Waals surface area contributed by atoms with Crippen molar-refractivity contribution < 1.29 is 19.2 Å². The molecule has 0 aromatic heterocycles. The van der Waals surface area contributed by atoms with E-state index in [0.717, 1.165) is 22.3 Å². The Morgan fingerprint density at radius 1 is 0.850 bits per heavy atom. The molecule has 3 aliphatic rings. The predicted octanol–water partition coefficient (Wildman–Crippen LogP) is 4.78. The van der Waals surface area contributed by atoms with Gasteiger partial charge >= 0.3 is 6.03 Å². The lowest BCUT2D eigenvalue weighted by molar-refractivity contribution is -0.136. The molecule has 6 rings (SSSR count). The highest BCUT2D eigenvalue weighted by molar-refractivity contribution is 6.30. The summed E-state index contributed by atoms with van der Waals surface area (Å²) in [6, 6.07) is 19.5. The van der Waals surface area contributed by atoms with Crippen LogP contribution < -0.4 is 5.32 Å². The summed E-state index contributed by atoms with van der Waals surface area (Å²) in [5.74, 6) is -0.962. The zero-order chi connectivity index (χ0) is 28.0. The minimum absolute atomic E-state index is 0.0864. The highest BCUT2D eigenvalue weighted by atomic mass is 35.5. The number of benzene rings is 3. The molecule has 40 heavy (non-hydrogen) atoms. The number of imide groups is 1. The smallest absolute Gasteiger partial charge is 0.321 e. The second-order valence-corrected chi connectivity index (χ2v) is 11.2. The van der Waals surface area contributed by atoms with E-state index in [0.29, 0.717) is 48.2 Å². The Hall–Kier alpha value is -3.88. The van der Waals surface area contributed by atoms with Crippen molar-refractivity contribution in [1.29, 1.82) is 0 Å². The first-order chi connectivity index (χ1) is 19.3.